The number of non-ortho nitro benzene ring substituents is 1. The van der Waals surface area contributed by atoms with Crippen molar-refractivity contribution in [2.45, 2.75) is 12.2 Å². The minimum Gasteiger partial charge on any atom is -0.383 e. The van der Waals surface area contributed by atoms with Gasteiger partial charge in [-0.2, -0.15) is 5.10 Å². The number of nitro groups is 1. The van der Waals surface area contributed by atoms with Gasteiger partial charge in [-0.25, -0.2) is 15.2 Å². The van der Waals surface area contributed by atoms with Crippen LogP contribution >= 0.6 is 0 Å². The van der Waals surface area contributed by atoms with Crippen LogP contribution in [0.25, 0.3) is 0 Å². The van der Waals surface area contributed by atoms with Gasteiger partial charge in [-0.05, 0) is 0 Å². The van der Waals surface area contributed by atoms with E-state index in [9.17, 15) is 19.7 Å². The standard InChI is InChI=1S/C16H19N7O5/c1-21-13-12(14(24)19-16(21)25)22(6-7-28-2)15(18-13)20-17-9-10-4-3-5-11(8-10)23(26)27/h3-5,8-9,12-13H,6-7H2,1-2H3,(H,18,20)(H,19,24,25)/b17-9+. The van der Waals surface area contributed by atoms with Gasteiger partial charge >= 0.3 is 6.03 Å². The van der Waals surface area contributed by atoms with Gasteiger partial charge in [0.1, 0.15) is 0 Å². The van der Waals surface area contributed by atoms with Crippen molar-refractivity contribution >= 4 is 29.8 Å². The molecule has 3 amide bonds. The summed E-state index contributed by atoms with van der Waals surface area (Å²) in [5.74, 6) is -0.155. The fourth-order valence-electron chi connectivity index (χ4n) is 2.94. The number of likely N-dealkylation sites (N-methyl/N-ethyl adjacent to an activating group) is 1. The maximum Gasteiger partial charge on any atom is 0.325 e. The summed E-state index contributed by atoms with van der Waals surface area (Å²) in [5, 5.41) is 17.2. The highest BCUT2D eigenvalue weighted by molar-refractivity contribution is 6.03. The summed E-state index contributed by atoms with van der Waals surface area (Å²) in [4.78, 5) is 41.9. The molecule has 2 unspecified atom stereocenters. The molecule has 0 aromatic heterocycles. The summed E-state index contributed by atoms with van der Waals surface area (Å²) >= 11 is 0. The molecule has 28 heavy (non-hydrogen) atoms. The second kappa shape index (κ2) is 8.00. The molecular formula is C16H19N7O5. The summed E-state index contributed by atoms with van der Waals surface area (Å²) < 4.78 is 5.09. The first-order valence-corrected chi connectivity index (χ1v) is 8.37. The largest absolute Gasteiger partial charge is 0.383 e. The van der Waals surface area contributed by atoms with Crippen LogP contribution in [0.3, 0.4) is 0 Å². The number of imide groups is 1. The molecule has 1 aromatic rings. The van der Waals surface area contributed by atoms with E-state index in [0.29, 0.717) is 24.7 Å². The van der Waals surface area contributed by atoms with Crippen molar-refractivity contribution in [3.05, 3.63) is 39.9 Å². The third-order valence-corrected chi connectivity index (χ3v) is 4.36. The fourth-order valence-corrected chi connectivity index (χ4v) is 2.94. The van der Waals surface area contributed by atoms with E-state index in [1.54, 1.807) is 24.1 Å². The van der Waals surface area contributed by atoms with Gasteiger partial charge in [0.15, 0.2) is 12.2 Å². The van der Waals surface area contributed by atoms with Gasteiger partial charge in [0.2, 0.25) is 5.96 Å². The Labute approximate surface area is 160 Å². The molecule has 12 nitrogen and oxygen atoms in total. The lowest BCUT2D eigenvalue weighted by Gasteiger charge is -2.35. The van der Waals surface area contributed by atoms with Crippen LogP contribution < -0.4 is 10.7 Å². The number of urea groups is 1. The van der Waals surface area contributed by atoms with Crippen LogP contribution in [0.5, 0.6) is 0 Å². The minimum absolute atomic E-state index is 0.0493. The van der Waals surface area contributed by atoms with E-state index in [0.717, 1.165) is 0 Å². The van der Waals surface area contributed by atoms with Crippen molar-refractivity contribution in [2.75, 3.05) is 27.3 Å². The van der Waals surface area contributed by atoms with E-state index in [2.05, 4.69) is 20.8 Å². The minimum atomic E-state index is -0.701. The number of nitro benzene ring substituents is 1. The Morgan fingerprint density at radius 3 is 2.96 bits per heavy atom. The van der Waals surface area contributed by atoms with E-state index in [4.69, 9.17) is 4.74 Å². The number of hydrogen-bond acceptors (Lipinski definition) is 9. The number of nitrogens with zero attached hydrogens (tertiary/aromatic N) is 5. The number of fused-ring (bicyclic) bond motifs is 1. The number of benzene rings is 1. The van der Waals surface area contributed by atoms with E-state index in [-0.39, 0.29) is 5.69 Å². The monoisotopic (exact) mass is 389 g/mol. The first kappa shape index (κ1) is 19.2. The lowest BCUT2D eigenvalue weighted by atomic mass is 10.1. The molecule has 2 atom stereocenters. The number of carbonyl (C=O) groups is 2. The van der Waals surface area contributed by atoms with Crippen LogP contribution in [0.2, 0.25) is 0 Å². The number of methoxy groups -OCH3 is 1. The molecule has 2 N–H and O–H groups in total. The van der Waals surface area contributed by atoms with Gasteiger partial charge in [-0.1, -0.05) is 12.1 Å². The molecule has 0 aliphatic carbocycles. The maximum atomic E-state index is 12.3. The van der Waals surface area contributed by atoms with Crippen molar-refractivity contribution in [1.82, 2.24) is 20.5 Å². The second-order valence-electron chi connectivity index (χ2n) is 6.12. The number of rotatable bonds is 6. The molecular weight excluding hydrogens is 370 g/mol. The average Bonchev–Trinajstić information content (AvgIpc) is 3.04. The molecule has 0 saturated carbocycles. The summed E-state index contributed by atoms with van der Waals surface area (Å²) in [6.45, 7) is 0.689. The molecule has 1 fully saturated rings. The van der Waals surface area contributed by atoms with Gasteiger partial charge in [-0.15, -0.1) is 0 Å². The van der Waals surface area contributed by atoms with E-state index in [1.807, 2.05) is 0 Å². The molecule has 2 aliphatic rings. The highest BCUT2D eigenvalue weighted by Crippen LogP contribution is 2.23. The van der Waals surface area contributed by atoms with Gasteiger partial charge in [0.05, 0.1) is 17.7 Å². The number of nitrogens with one attached hydrogen (secondary N) is 2. The highest BCUT2D eigenvalue weighted by atomic mass is 16.6. The van der Waals surface area contributed by atoms with Crippen molar-refractivity contribution in [1.29, 1.82) is 0 Å². The Balaban J connectivity index is 1.78. The number of amides is 3. The first-order valence-electron chi connectivity index (χ1n) is 8.37. The summed E-state index contributed by atoms with van der Waals surface area (Å²) in [6, 6.07) is 4.75. The Bertz CT molecular complexity index is 856. The van der Waals surface area contributed by atoms with Gasteiger partial charge in [0.25, 0.3) is 11.6 Å². The number of guanidine groups is 1. The number of hydrogen-bond donors (Lipinski definition) is 2. The zero-order valence-corrected chi connectivity index (χ0v) is 15.2. The number of ether oxygens (including phenoxy) is 1. The first-order chi connectivity index (χ1) is 13.4. The smallest absolute Gasteiger partial charge is 0.325 e. The van der Waals surface area contributed by atoms with Crippen LogP contribution in [0.4, 0.5) is 10.5 Å². The fraction of sp³-hybridized carbons (Fsp3) is 0.375. The van der Waals surface area contributed by atoms with E-state index in [1.165, 1.54) is 30.4 Å². The third-order valence-electron chi connectivity index (χ3n) is 4.36. The van der Waals surface area contributed by atoms with Crippen LogP contribution in [0, 0.1) is 10.1 Å². The molecule has 12 heteroatoms. The zero-order chi connectivity index (χ0) is 20.3. The lowest BCUT2D eigenvalue weighted by molar-refractivity contribution is -0.384. The molecule has 2 aliphatic heterocycles. The predicted octanol–water partition coefficient (Wildman–Crippen LogP) is -0.287. The molecule has 148 valence electrons. The van der Waals surface area contributed by atoms with Gasteiger partial charge < -0.3 is 14.5 Å². The number of carbonyl (C=O) groups excluding carboxylic acids is 2. The second-order valence-corrected chi connectivity index (χ2v) is 6.12. The van der Waals surface area contributed by atoms with Crippen molar-refractivity contribution in [2.24, 2.45) is 10.1 Å². The molecule has 1 aromatic carbocycles. The Kier molecular flexibility index (Phi) is 5.49. The zero-order valence-electron chi connectivity index (χ0n) is 15.2. The van der Waals surface area contributed by atoms with E-state index >= 15 is 0 Å². The van der Waals surface area contributed by atoms with Crippen molar-refractivity contribution in [3.8, 4) is 0 Å². The van der Waals surface area contributed by atoms with Crippen LogP contribution in [0.1, 0.15) is 5.56 Å². The average molecular weight is 389 g/mol. The van der Waals surface area contributed by atoms with Crippen LogP contribution in [-0.2, 0) is 9.53 Å². The van der Waals surface area contributed by atoms with Crippen LogP contribution in [0.15, 0.2) is 34.4 Å². The summed E-state index contributed by atoms with van der Waals surface area (Å²) in [6.07, 6.45) is 0.717. The Hall–Kier alpha value is -3.54. The molecule has 2 heterocycles. The molecule has 1 saturated heterocycles. The number of hydrazone groups is 1. The molecule has 0 spiro atoms. The lowest BCUT2D eigenvalue weighted by Crippen LogP contribution is -2.64. The van der Waals surface area contributed by atoms with Crippen molar-refractivity contribution in [3.63, 3.8) is 0 Å². The summed E-state index contributed by atoms with van der Waals surface area (Å²) in [7, 11) is 3.08. The van der Waals surface area contributed by atoms with Crippen LogP contribution in [-0.4, -0.2) is 78.4 Å². The predicted molar refractivity (Wildman–Crippen MR) is 98.7 cm³/mol. The molecule has 0 radical (unpaired) electrons. The SMILES string of the molecule is COCCN1C(N/N=C/c2cccc([N+](=O)[O-])c2)=NC2C1C(=O)NC(=O)N2C. The topological polar surface area (TPSA) is 142 Å². The molecule has 0 bridgehead atoms. The van der Waals surface area contributed by atoms with Gasteiger partial charge in [0, 0.05) is 38.4 Å². The Morgan fingerprint density at radius 1 is 1.46 bits per heavy atom. The highest BCUT2D eigenvalue weighted by Gasteiger charge is 2.48. The van der Waals surface area contributed by atoms with Gasteiger partial charge in [-0.3, -0.25) is 20.2 Å². The third kappa shape index (κ3) is 3.76. The molecule has 3 rings (SSSR count). The quantitative estimate of drug-likeness (QED) is 0.387. The van der Waals surface area contributed by atoms with E-state index < -0.39 is 29.1 Å². The normalized spacial score (nSPS) is 21.6. The Morgan fingerprint density at radius 2 is 2.25 bits per heavy atom. The maximum absolute atomic E-state index is 12.3. The van der Waals surface area contributed by atoms with Crippen molar-refractivity contribution < 1.29 is 19.2 Å². The number of aliphatic imine (C=N–C) groups is 1. The summed E-state index contributed by atoms with van der Waals surface area (Å²) in [5.41, 5.74) is 3.22.